The molecule has 1 heterocycles. The molecule has 14 heavy (non-hydrogen) atoms. The molecule has 2 aromatic rings. The van der Waals surface area contributed by atoms with Crippen LogP contribution in [0.2, 0.25) is 0 Å². The number of aryl methyl sites for hydroxylation is 2. The van der Waals surface area contributed by atoms with E-state index in [9.17, 15) is 0 Å². The van der Waals surface area contributed by atoms with Gasteiger partial charge in [-0.25, -0.2) is 0 Å². The SMILES string of the molecule is Cc1ccc(On2c[c]cc2)c(C)c1. The first-order chi connectivity index (χ1) is 6.75. The Morgan fingerprint density at radius 3 is 2.79 bits per heavy atom. The lowest BCUT2D eigenvalue weighted by atomic mass is 10.1. The van der Waals surface area contributed by atoms with Gasteiger partial charge in [-0.1, -0.05) is 17.7 Å². The maximum absolute atomic E-state index is 5.59. The van der Waals surface area contributed by atoms with E-state index in [0.29, 0.717) is 0 Å². The molecule has 0 fully saturated rings. The summed E-state index contributed by atoms with van der Waals surface area (Å²) >= 11 is 0. The van der Waals surface area contributed by atoms with E-state index in [2.05, 4.69) is 19.1 Å². The lowest BCUT2D eigenvalue weighted by Crippen LogP contribution is -2.02. The molecule has 0 atom stereocenters. The Kier molecular flexibility index (Phi) is 2.27. The van der Waals surface area contributed by atoms with E-state index in [0.717, 1.165) is 11.3 Å². The van der Waals surface area contributed by atoms with Crippen molar-refractivity contribution < 1.29 is 4.84 Å². The van der Waals surface area contributed by atoms with Gasteiger partial charge in [-0.05, 0) is 31.5 Å². The van der Waals surface area contributed by atoms with Crippen LogP contribution in [-0.2, 0) is 0 Å². The fourth-order valence-corrected chi connectivity index (χ4v) is 1.35. The molecule has 71 valence electrons. The first kappa shape index (κ1) is 8.88. The Bertz CT molecular complexity index is 418. The van der Waals surface area contributed by atoms with E-state index in [-0.39, 0.29) is 0 Å². The fourth-order valence-electron chi connectivity index (χ4n) is 1.35. The zero-order valence-corrected chi connectivity index (χ0v) is 8.32. The van der Waals surface area contributed by atoms with Crippen molar-refractivity contribution in [2.45, 2.75) is 13.8 Å². The van der Waals surface area contributed by atoms with Gasteiger partial charge < -0.3 is 4.84 Å². The highest BCUT2D eigenvalue weighted by Gasteiger charge is 1.99. The average molecular weight is 186 g/mol. The third kappa shape index (κ3) is 1.79. The Morgan fingerprint density at radius 2 is 2.14 bits per heavy atom. The van der Waals surface area contributed by atoms with Gasteiger partial charge >= 0.3 is 0 Å². The molecule has 0 bridgehead atoms. The number of rotatable bonds is 2. The molecule has 0 amide bonds. The van der Waals surface area contributed by atoms with Gasteiger partial charge in [-0.15, -0.1) is 0 Å². The summed E-state index contributed by atoms with van der Waals surface area (Å²) in [5.74, 6) is 0.875. The first-order valence-corrected chi connectivity index (χ1v) is 4.55. The summed E-state index contributed by atoms with van der Waals surface area (Å²) in [7, 11) is 0. The molecule has 1 aromatic heterocycles. The number of hydrogen-bond donors (Lipinski definition) is 0. The second kappa shape index (κ2) is 3.58. The van der Waals surface area contributed by atoms with Crippen molar-refractivity contribution in [2.24, 2.45) is 0 Å². The van der Waals surface area contributed by atoms with Crippen molar-refractivity contribution in [2.75, 3.05) is 0 Å². The maximum Gasteiger partial charge on any atom is 0.158 e. The van der Waals surface area contributed by atoms with Crippen molar-refractivity contribution in [1.29, 1.82) is 0 Å². The van der Waals surface area contributed by atoms with Crippen LogP contribution < -0.4 is 4.84 Å². The predicted molar refractivity (Wildman–Crippen MR) is 55.2 cm³/mol. The Morgan fingerprint density at radius 1 is 1.29 bits per heavy atom. The summed E-state index contributed by atoms with van der Waals surface area (Å²) in [5, 5.41) is 0. The van der Waals surface area contributed by atoms with Crippen LogP contribution in [-0.4, -0.2) is 4.73 Å². The van der Waals surface area contributed by atoms with E-state index in [1.54, 1.807) is 10.9 Å². The summed E-state index contributed by atoms with van der Waals surface area (Å²) in [6, 6.07) is 10.8. The molecule has 0 spiro atoms. The van der Waals surface area contributed by atoms with Crippen LogP contribution in [0.15, 0.2) is 36.7 Å². The Hall–Kier alpha value is -1.70. The molecule has 2 heteroatoms. The fraction of sp³-hybridized carbons (Fsp3) is 0.167. The van der Waals surface area contributed by atoms with E-state index in [1.807, 2.05) is 31.3 Å². The van der Waals surface area contributed by atoms with Gasteiger partial charge in [0.25, 0.3) is 0 Å². The first-order valence-electron chi connectivity index (χ1n) is 4.55. The van der Waals surface area contributed by atoms with Crippen molar-refractivity contribution in [3.05, 3.63) is 53.9 Å². The summed E-state index contributed by atoms with van der Waals surface area (Å²) < 4.78 is 1.64. The maximum atomic E-state index is 5.59. The lowest BCUT2D eigenvalue weighted by Gasteiger charge is -2.08. The predicted octanol–water partition coefficient (Wildman–Crippen LogP) is 2.75. The Labute approximate surface area is 83.7 Å². The van der Waals surface area contributed by atoms with Gasteiger partial charge in [0.15, 0.2) is 5.75 Å². The molecule has 2 nitrogen and oxygen atoms in total. The molecule has 0 aliphatic heterocycles. The summed E-state index contributed by atoms with van der Waals surface area (Å²) in [5.41, 5.74) is 2.38. The summed E-state index contributed by atoms with van der Waals surface area (Å²) in [6.07, 6.45) is 3.57. The molecule has 0 unspecified atom stereocenters. The van der Waals surface area contributed by atoms with Crippen molar-refractivity contribution in [3.8, 4) is 5.75 Å². The molecule has 2 rings (SSSR count). The molecule has 1 aromatic carbocycles. The van der Waals surface area contributed by atoms with Crippen LogP contribution in [0, 0.1) is 19.9 Å². The van der Waals surface area contributed by atoms with Crippen molar-refractivity contribution in [1.82, 2.24) is 4.73 Å². The van der Waals surface area contributed by atoms with E-state index in [1.165, 1.54) is 5.56 Å². The number of nitrogens with zero attached hydrogens (tertiary/aromatic N) is 1. The molecular formula is C12H12NO. The molecular weight excluding hydrogens is 174 g/mol. The number of benzene rings is 1. The minimum atomic E-state index is 0.875. The zero-order valence-electron chi connectivity index (χ0n) is 8.32. The van der Waals surface area contributed by atoms with Gasteiger partial charge in [0, 0.05) is 12.3 Å². The third-order valence-corrected chi connectivity index (χ3v) is 2.05. The molecule has 0 saturated carbocycles. The largest absolute Gasteiger partial charge is 0.376 e. The molecule has 1 radical (unpaired) electrons. The summed E-state index contributed by atoms with van der Waals surface area (Å²) in [4.78, 5) is 5.59. The van der Waals surface area contributed by atoms with Gasteiger partial charge in [0.1, 0.15) is 0 Å². The van der Waals surface area contributed by atoms with E-state index < -0.39 is 0 Å². The van der Waals surface area contributed by atoms with E-state index in [4.69, 9.17) is 4.84 Å². The standard InChI is InChI=1S/C12H12NO/c1-10-5-6-12(11(2)9-10)14-13-7-3-4-8-13/h3,5-9H,1-2H3. The number of hydrogen-bond acceptors (Lipinski definition) is 1. The quantitative estimate of drug-likeness (QED) is 0.703. The van der Waals surface area contributed by atoms with Crippen LogP contribution >= 0.6 is 0 Å². The van der Waals surface area contributed by atoms with Crippen molar-refractivity contribution in [3.63, 3.8) is 0 Å². The van der Waals surface area contributed by atoms with Crippen LogP contribution in [0.4, 0.5) is 0 Å². The van der Waals surface area contributed by atoms with E-state index >= 15 is 0 Å². The smallest absolute Gasteiger partial charge is 0.158 e. The number of aromatic nitrogens is 1. The van der Waals surface area contributed by atoms with Crippen molar-refractivity contribution >= 4 is 0 Å². The molecule has 0 N–H and O–H groups in total. The third-order valence-electron chi connectivity index (χ3n) is 2.05. The monoisotopic (exact) mass is 186 g/mol. The van der Waals surface area contributed by atoms with Crippen LogP contribution in [0.1, 0.15) is 11.1 Å². The molecule has 0 saturated heterocycles. The summed E-state index contributed by atoms with van der Waals surface area (Å²) in [6.45, 7) is 4.11. The topological polar surface area (TPSA) is 14.2 Å². The lowest BCUT2D eigenvalue weighted by molar-refractivity contribution is 0.215. The second-order valence-corrected chi connectivity index (χ2v) is 3.33. The second-order valence-electron chi connectivity index (χ2n) is 3.33. The zero-order chi connectivity index (χ0) is 9.97. The minimum absolute atomic E-state index is 0.875. The normalized spacial score (nSPS) is 10.1. The highest BCUT2D eigenvalue weighted by molar-refractivity contribution is 5.35. The highest BCUT2D eigenvalue weighted by atomic mass is 16.7. The minimum Gasteiger partial charge on any atom is -0.376 e. The van der Waals surface area contributed by atoms with Gasteiger partial charge in [0.05, 0.1) is 6.20 Å². The van der Waals surface area contributed by atoms with Gasteiger partial charge in [-0.3, -0.25) is 0 Å². The average Bonchev–Trinajstić information content (AvgIpc) is 2.62. The Balaban J connectivity index is 2.25. The highest BCUT2D eigenvalue weighted by Crippen LogP contribution is 2.18. The molecule has 0 aliphatic carbocycles. The van der Waals surface area contributed by atoms with Gasteiger partial charge in [0.2, 0.25) is 0 Å². The van der Waals surface area contributed by atoms with Crippen LogP contribution in [0.5, 0.6) is 5.75 Å². The van der Waals surface area contributed by atoms with Crippen LogP contribution in [0.25, 0.3) is 0 Å². The van der Waals surface area contributed by atoms with Crippen LogP contribution in [0.3, 0.4) is 0 Å². The molecule has 0 aliphatic rings. The van der Waals surface area contributed by atoms with Gasteiger partial charge in [-0.2, -0.15) is 4.73 Å².